The molecule has 2 aromatic heterocycles. The molecule has 0 bridgehead atoms. The fourth-order valence-corrected chi connectivity index (χ4v) is 6.65. The van der Waals surface area contributed by atoms with Crippen molar-refractivity contribution >= 4 is 34.6 Å². The molecule has 4 aromatic rings. The van der Waals surface area contributed by atoms with Gasteiger partial charge in [-0.1, -0.05) is 31.2 Å². The molecule has 2 amide bonds. The molecule has 2 aliphatic heterocycles. The molecule has 3 aliphatic rings. The van der Waals surface area contributed by atoms with Gasteiger partial charge >= 0.3 is 12.1 Å². The highest BCUT2D eigenvalue weighted by atomic mass is 16.6. The summed E-state index contributed by atoms with van der Waals surface area (Å²) in [5.41, 5.74) is 9.53. The number of alkyl carbamates (subject to hydrolysis) is 1. The van der Waals surface area contributed by atoms with E-state index in [0.717, 1.165) is 39.6 Å². The number of rotatable bonds is 6. The van der Waals surface area contributed by atoms with E-state index < -0.39 is 23.7 Å². The van der Waals surface area contributed by atoms with E-state index in [1.165, 1.54) is 0 Å². The Morgan fingerprint density at radius 2 is 1.98 bits per heavy atom. The number of pyridine rings is 2. The van der Waals surface area contributed by atoms with Crippen LogP contribution in [0.25, 0.3) is 22.3 Å². The summed E-state index contributed by atoms with van der Waals surface area (Å²) in [5.74, 6) is -1.08. The van der Waals surface area contributed by atoms with Crippen molar-refractivity contribution in [1.82, 2.24) is 14.9 Å². The van der Waals surface area contributed by atoms with Gasteiger partial charge in [-0.2, -0.15) is 0 Å². The number of nitrogens with zero attached hydrogens (tertiary/aromatic N) is 2. The average Bonchev–Trinajstić information content (AvgIpc) is 3.42. The minimum Gasteiger partial charge on any atom is -0.458 e. The second-order valence-corrected chi connectivity index (χ2v) is 11.5. The predicted molar refractivity (Wildman–Crippen MR) is 163 cm³/mol. The number of amides is 2. The molecule has 1 aliphatic carbocycles. The number of nitrogens with one attached hydrogen (secondary N) is 2. The van der Waals surface area contributed by atoms with E-state index in [4.69, 9.17) is 20.2 Å². The zero-order valence-corrected chi connectivity index (χ0v) is 24.5. The number of aromatic nitrogens is 2. The number of benzene rings is 2. The molecule has 0 unspecified atom stereocenters. The van der Waals surface area contributed by atoms with Crippen LogP contribution in [0.4, 0.5) is 10.5 Å². The highest BCUT2D eigenvalue weighted by Gasteiger charge is 2.46. The summed E-state index contributed by atoms with van der Waals surface area (Å²) in [7, 11) is 0. The van der Waals surface area contributed by atoms with Crippen molar-refractivity contribution in [3.05, 3.63) is 92.3 Å². The van der Waals surface area contributed by atoms with E-state index in [1.54, 1.807) is 41.8 Å². The largest absolute Gasteiger partial charge is 0.458 e. The van der Waals surface area contributed by atoms with Crippen LogP contribution in [0.2, 0.25) is 0 Å². The molecule has 12 heteroatoms. The van der Waals surface area contributed by atoms with Crippen LogP contribution in [0.15, 0.2) is 53.3 Å². The molecular weight excluding hydrogens is 578 g/mol. The summed E-state index contributed by atoms with van der Waals surface area (Å²) in [6, 6.07) is 14.1. The van der Waals surface area contributed by atoms with Crippen LogP contribution in [0, 0.1) is 0 Å². The Hall–Kier alpha value is -5.07. The fraction of sp³-hybridized carbons (Fsp3) is 0.303. The first-order chi connectivity index (χ1) is 21.7. The van der Waals surface area contributed by atoms with Crippen LogP contribution in [0.1, 0.15) is 59.2 Å². The smallest absolute Gasteiger partial charge is 0.407 e. The number of fused-ring (bicyclic) bond motifs is 5. The van der Waals surface area contributed by atoms with Gasteiger partial charge in [-0.15, -0.1) is 0 Å². The first kappa shape index (κ1) is 28.7. The monoisotopic (exact) mass is 609 g/mol. The minimum atomic E-state index is -1.92. The Labute approximate surface area is 257 Å². The first-order valence-corrected chi connectivity index (χ1v) is 14.9. The summed E-state index contributed by atoms with van der Waals surface area (Å²) in [5, 5.41) is 17.9. The van der Waals surface area contributed by atoms with E-state index in [-0.39, 0.29) is 55.3 Å². The lowest BCUT2D eigenvalue weighted by Gasteiger charge is -2.31. The van der Waals surface area contributed by atoms with Crippen LogP contribution in [0.3, 0.4) is 0 Å². The summed E-state index contributed by atoms with van der Waals surface area (Å²) < 4.78 is 12.4. The van der Waals surface area contributed by atoms with Crippen LogP contribution in [-0.2, 0) is 50.8 Å². The molecule has 230 valence electrons. The van der Waals surface area contributed by atoms with Crippen LogP contribution >= 0.6 is 0 Å². The van der Waals surface area contributed by atoms with Gasteiger partial charge in [0.25, 0.3) is 5.56 Å². The molecule has 2 aromatic carbocycles. The zero-order valence-electron chi connectivity index (χ0n) is 24.5. The van der Waals surface area contributed by atoms with Gasteiger partial charge in [0, 0.05) is 22.2 Å². The van der Waals surface area contributed by atoms with E-state index in [2.05, 4.69) is 10.6 Å². The van der Waals surface area contributed by atoms with Crippen molar-refractivity contribution in [3.8, 4) is 11.4 Å². The van der Waals surface area contributed by atoms with Gasteiger partial charge in [0.05, 0.1) is 41.6 Å². The average molecular weight is 610 g/mol. The number of ether oxygens (including phenoxy) is 2. The van der Waals surface area contributed by atoms with Crippen molar-refractivity contribution in [2.75, 3.05) is 11.9 Å². The molecule has 7 rings (SSSR count). The van der Waals surface area contributed by atoms with Gasteiger partial charge < -0.3 is 35.5 Å². The lowest BCUT2D eigenvalue weighted by atomic mass is 9.83. The number of anilines is 1. The number of aliphatic hydroxyl groups is 1. The van der Waals surface area contributed by atoms with Crippen molar-refractivity contribution in [2.45, 2.75) is 57.6 Å². The molecule has 4 heterocycles. The van der Waals surface area contributed by atoms with Crippen LogP contribution in [0.5, 0.6) is 0 Å². The second kappa shape index (κ2) is 10.8. The number of hydrogen-bond acceptors (Lipinski definition) is 9. The predicted octanol–water partition coefficient (Wildman–Crippen LogP) is 2.89. The molecule has 0 saturated heterocycles. The Balaban J connectivity index is 1.21. The maximum Gasteiger partial charge on any atom is 0.407 e. The Morgan fingerprint density at radius 1 is 1.18 bits per heavy atom. The highest BCUT2D eigenvalue weighted by molar-refractivity contribution is 5.93. The number of carbonyl (C=O) groups excluding carboxylic acids is 3. The van der Waals surface area contributed by atoms with Crippen molar-refractivity contribution in [2.24, 2.45) is 5.73 Å². The maximum atomic E-state index is 13.7. The molecule has 0 saturated carbocycles. The number of nitrogens with two attached hydrogens (primary N) is 1. The second-order valence-electron chi connectivity index (χ2n) is 11.5. The van der Waals surface area contributed by atoms with Crippen molar-refractivity contribution in [1.29, 1.82) is 0 Å². The molecule has 0 radical (unpaired) electrons. The van der Waals surface area contributed by atoms with Crippen molar-refractivity contribution < 1.29 is 29.0 Å². The number of carbonyl (C=O) groups is 3. The number of aryl methyl sites for hydroxylation is 1. The molecule has 45 heavy (non-hydrogen) atoms. The lowest BCUT2D eigenvalue weighted by molar-refractivity contribution is -0.172. The zero-order chi connectivity index (χ0) is 31.5. The van der Waals surface area contributed by atoms with E-state index in [9.17, 15) is 24.3 Å². The van der Waals surface area contributed by atoms with Gasteiger partial charge in [0.2, 0.25) is 5.91 Å². The maximum absolute atomic E-state index is 13.7. The van der Waals surface area contributed by atoms with Crippen molar-refractivity contribution in [3.63, 3.8) is 0 Å². The van der Waals surface area contributed by atoms with Gasteiger partial charge in [0.1, 0.15) is 13.2 Å². The topological polar surface area (TPSA) is 175 Å². The van der Waals surface area contributed by atoms with E-state index in [0.29, 0.717) is 23.5 Å². The van der Waals surface area contributed by atoms with E-state index >= 15 is 0 Å². The SMILES string of the molecule is CC[C@@]1(O)C(=O)OCc2c1cc1n(c2=O)Cc2c-1nc1cccc3c1c2[C@@H](NC(=O)OCc1ccc(NC(=O)CN)cc1)CC3. The summed E-state index contributed by atoms with van der Waals surface area (Å²) in [6.45, 7) is 1.59. The lowest BCUT2D eigenvalue weighted by Crippen LogP contribution is -2.44. The van der Waals surface area contributed by atoms with E-state index in [1.807, 2.05) is 18.2 Å². The standard InChI is InChI=1S/C33H31N5O7/c1-2-33(43)22-12-25-29-20(14-38(25)30(40)21(22)16-44-31(33)41)28-24(11-8-18-4-3-5-23(36-29)27(18)28)37-32(42)45-15-17-6-9-19(10-7-17)35-26(39)13-34/h3-7,9-10,12,24,43H,2,8,11,13-16,34H2,1H3,(H,35,39)(H,37,42)/t24-,33-/m0/s1. The van der Waals surface area contributed by atoms with Gasteiger partial charge in [-0.05, 0) is 60.2 Å². The Bertz CT molecular complexity index is 1970. The fourth-order valence-electron chi connectivity index (χ4n) is 6.65. The first-order valence-electron chi connectivity index (χ1n) is 14.9. The van der Waals surface area contributed by atoms with Gasteiger partial charge in [-0.3, -0.25) is 9.59 Å². The molecule has 12 nitrogen and oxygen atoms in total. The third-order valence-electron chi connectivity index (χ3n) is 8.98. The van der Waals surface area contributed by atoms with Gasteiger partial charge in [-0.25, -0.2) is 14.6 Å². The Kier molecular flexibility index (Phi) is 6.90. The summed E-state index contributed by atoms with van der Waals surface area (Å²) in [4.78, 5) is 55.9. The van der Waals surface area contributed by atoms with Crippen LogP contribution in [-0.4, -0.2) is 39.2 Å². The third kappa shape index (κ3) is 4.64. The summed E-state index contributed by atoms with van der Waals surface area (Å²) in [6.07, 6.45) is 0.797. The Morgan fingerprint density at radius 3 is 2.73 bits per heavy atom. The molecule has 2 atom stereocenters. The molecular formula is C33H31N5O7. The normalized spacial score (nSPS) is 19.3. The van der Waals surface area contributed by atoms with Crippen LogP contribution < -0.4 is 21.9 Å². The number of esters is 1. The number of hydrogen-bond donors (Lipinski definition) is 4. The van der Waals surface area contributed by atoms with Gasteiger partial charge in [0.15, 0.2) is 5.60 Å². The summed E-state index contributed by atoms with van der Waals surface area (Å²) >= 11 is 0. The molecule has 5 N–H and O–H groups in total. The highest BCUT2D eigenvalue weighted by Crippen LogP contribution is 2.44. The molecule has 0 spiro atoms. The quantitative estimate of drug-likeness (QED) is 0.211. The minimum absolute atomic E-state index is 0.0254. The third-order valence-corrected chi connectivity index (χ3v) is 8.98. The molecule has 0 fully saturated rings. The number of cyclic esters (lactones) is 1.